The Balaban J connectivity index is 2.96. The van der Waals surface area contributed by atoms with Crippen LogP contribution in [-0.4, -0.2) is 11.1 Å². The largest absolute Gasteiger partial charge is 0.481 e. The molecule has 0 aliphatic carbocycles. The first kappa shape index (κ1) is 12.6. The van der Waals surface area contributed by atoms with Gasteiger partial charge in [-0.3, -0.25) is 4.79 Å². The molecule has 0 saturated carbocycles. The van der Waals surface area contributed by atoms with Crippen molar-refractivity contribution in [1.82, 2.24) is 0 Å². The van der Waals surface area contributed by atoms with Crippen LogP contribution in [0.4, 0.5) is 8.78 Å². The van der Waals surface area contributed by atoms with Gasteiger partial charge in [0.2, 0.25) is 0 Å². The van der Waals surface area contributed by atoms with Crippen molar-refractivity contribution in [2.24, 2.45) is 0 Å². The predicted molar refractivity (Wildman–Crippen MR) is 56.3 cm³/mol. The van der Waals surface area contributed by atoms with Gasteiger partial charge in [0.15, 0.2) is 0 Å². The Morgan fingerprint density at radius 2 is 1.88 bits per heavy atom. The molecular formula is C12H14F2O2. The maximum atomic E-state index is 12.9. The molecule has 0 saturated heterocycles. The van der Waals surface area contributed by atoms with E-state index in [1.54, 1.807) is 0 Å². The summed E-state index contributed by atoms with van der Waals surface area (Å²) < 4.78 is 25.9. The summed E-state index contributed by atoms with van der Waals surface area (Å²) in [6.07, 6.45) is 1.96. The first-order valence-electron chi connectivity index (χ1n) is 5.23. The summed E-state index contributed by atoms with van der Waals surface area (Å²) in [5.74, 6) is -3.35. The Morgan fingerprint density at radius 1 is 1.31 bits per heavy atom. The first-order valence-corrected chi connectivity index (χ1v) is 5.23. The van der Waals surface area contributed by atoms with E-state index in [0.29, 0.717) is 6.42 Å². The van der Waals surface area contributed by atoms with Crippen molar-refractivity contribution in [3.05, 3.63) is 35.4 Å². The van der Waals surface area contributed by atoms with Gasteiger partial charge < -0.3 is 5.11 Å². The molecule has 88 valence electrons. The fraction of sp³-hybridized carbons (Fsp3) is 0.417. The number of carboxylic acids is 1. The molecule has 16 heavy (non-hydrogen) atoms. The summed E-state index contributed by atoms with van der Waals surface area (Å²) >= 11 is 0. The molecular weight excluding hydrogens is 214 g/mol. The van der Waals surface area contributed by atoms with Gasteiger partial charge in [0, 0.05) is 6.07 Å². The molecule has 0 radical (unpaired) electrons. The highest BCUT2D eigenvalue weighted by Crippen LogP contribution is 2.24. The maximum Gasteiger partial charge on any atom is 0.310 e. The number of hydrogen-bond acceptors (Lipinski definition) is 1. The molecule has 0 aliphatic heterocycles. The van der Waals surface area contributed by atoms with Crippen LogP contribution in [0.2, 0.25) is 0 Å². The number of halogens is 2. The topological polar surface area (TPSA) is 37.3 Å². The first-order chi connectivity index (χ1) is 7.54. The molecule has 1 aromatic carbocycles. The zero-order valence-corrected chi connectivity index (χ0v) is 9.04. The molecule has 1 N–H and O–H groups in total. The van der Waals surface area contributed by atoms with Crippen LogP contribution in [0.15, 0.2) is 18.2 Å². The van der Waals surface area contributed by atoms with Crippen LogP contribution in [0, 0.1) is 11.6 Å². The van der Waals surface area contributed by atoms with E-state index in [-0.39, 0.29) is 5.56 Å². The average molecular weight is 228 g/mol. The number of aliphatic carboxylic acids is 1. The third kappa shape index (κ3) is 3.29. The second kappa shape index (κ2) is 5.58. The lowest BCUT2D eigenvalue weighted by Gasteiger charge is -2.12. The molecule has 0 bridgehead atoms. The third-order valence-corrected chi connectivity index (χ3v) is 2.43. The smallest absolute Gasteiger partial charge is 0.310 e. The molecule has 0 heterocycles. The second-order valence-corrected chi connectivity index (χ2v) is 3.74. The summed E-state index contributed by atoms with van der Waals surface area (Å²) in [7, 11) is 0. The van der Waals surface area contributed by atoms with Crippen molar-refractivity contribution in [1.29, 1.82) is 0 Å². The molecule has 1 aromatic rings. The van der Waals surface area contributed by atoms with Crippen LogP contribution in [0.3, 0.4) is 0 Å². The van der Waals surface area contributed by atoms with Gasteiger partial charge in [0.1, 0.15) is 11.6 Å². The zero-order chi connectivity index (χ0) is 12.1. The van der Waals surface area contributed by atoms with Gasteiger partial charge in [-0.2, -0.15) is 0 Å². The fourth-order valence-electron chi connectivity index (χ4n) is 1.62. The van der Waals surface area contributed by atoms with E-state index in [0.717, 1.165) is 31.0 Å². The second-order valence-electron chi connectivity index (χ2n) is 3.74. The minimum absolute atomic E-state index is 0.193. The van der Waals surface area contributed by atoms with Crippen molar-refractivity contribution in [3.8, 4) is 0 Å². The highest BCUT2D eigenvalue weighted by atomic mass is 19.1. The summed E-state index contributed by atoms with van der Waals surface area (Å²) in [5, 5.41) is 8.99. The number of carboxylic acid groups (broad SMARTS) is 1. The SMILES string of the molecule is CCCCC(C(=O)O)c1cc(F)cc(F)c1. The lowest BCUT2D eigenvalue weighted by molar-refractivity contribution is -0.139. The van der Waals surface area contributed by atoms with Gasteiger partial charge in [-0.25, -0.2) is 8.78 Å². The van der Waals surface area contributed by atoms with Crippen LogP contribution in [-0.2, 0) is 4.79 Å². The lowest BCUT2D eigenvalue weighted by atomic mass is 9.93. The third-order valence-electron chi connectivity index (χ3n) is 2.43. The normalized spacial score (nSPS) is 12.4. The molecule has 0 fully saturated rings. The van der Waals surface area contributed by atoms with E-state index in [9.17, 15) is 13.6 Å². The van der Waals surface area contributed by atoms with Gasteiger partial charge in [-0.1, -0.05) is 19.8 Å². The van der Waals surface area contributed by atoms with Crippen LogP contribution < -0.4 is 0 Å². The highest BCUT2D eigenvalue weighted by molar-refractivity contribution is 5.76. The highest BCUT2D eigenvalue weighted by Gasteiger charge is 2.20. The minimum Gasteiger partial charge on any atom is -0.481 e. The summed E-state index contributed by atoms with van der Waals surface area (Å²) in [5.41, 5.74) is 0.193. The number of benzene rings is 1. The van der Waals surface area contributed by atoms with Gasteiger partial charge in [-0.15, -0.1) is 0 Å². The summed E-state index contributed by atoms with van der Waals surface area (Å²) in [6, 6.07) is 2.90. The van der Waals surface area contributed by atoms with E-state index in [1.807, 2.05) is 6.92 Å². The minimum atomic E-state index is -1.04. The number of hydrogen-bond donors (Lipinski definition) is 1. The zero-order valence-electron chi connectivity index (χ0n) is 9.04. The number of carbonyl (C=O) groups is 1. The molecule has 1 rings (SSSR count). The van der Waals surface area contributed by atoms with E-state index < -0.39 is 23.5 Å². The van der Waals surface area contributed by atoms with Crippen molar-refractivity contribution >= 4 is 5.97 Å². The Morgan fingerprint density at radius 3 is 2.31 bits per heavy atom. The van der Waals surface area contributed by atoms with Crippen LogP contribution >= 0.6 is 0 Å². The maximum absolute atomic E-state index is 12.9. The van der Waals surface area contributed by atoms with Crippen molar-refractivity contribution in [3.63, 3.8) is 0 Å². The molecule has 0 aromatic heterocycles. The molecule has 4 heteroatoms. The number of rotatable bonds is 5. The fourth-order valence-corrected chi connectivity index (χ4v) is 1.62. The van der Waals surface area contributed by atoms with Gasteiger partial charge in [-0.05, 0) is 24.1 Å². The van der Waals surface area contributed by atoms with Crippen LogP contribution in [0.25, 0.3) is 0 Å². The Hall–Kier alpha value is -1.45. The summed E-state index contributed by atoms with van der Waals surface area (Å²) in [4.78, 5) is 11.0. The van der Waals surface area contributed by atoms with E-state index in [2.05, 4.69) is 0 Å². The molecule has 1 atom stereocenters. The van der Waals surface area contributed by atoms with Crippen molar-refractivity contribution < 1.29 is 18.7 Å². The van der Waals surface area contributed by atoms with Crippen molar-refractivity contribution in [2.75, 3.05) is 0 Å². The molecule has 1 unspecified atom stereocenters. The van der Waals surface area contributed by atoms with Gasteiger partial charge in [0.05, 0.1) is 5.92 Å². The quantitative estimate of drug-likeness (QED) is 0.839. The lowest BCUT2D eigenvalue weighted by Crippen LogP contribution is -2.12. The Kier molecular flexibility index (Phi) is 4.40. The van der Waals surface area contributed by atoms with Gasteiger partial charge in [0.25, 0.3) is 0 Å². The standard InChI is InChI=1S/C12H14F2O2/c1-2-3-4-11(12(15)16)8-5-9(13)7-10(14)6-8/h5-7,11H,2-4H2,1H3,(H,15,16). The monoisotopic (exact) mass is 228 g/mol. The summed E-state index contributed by atoms with van der Waals surface area (Å²) in [6.45, 7) is 1.94. The average Bonchev–Trinajstić information content (AvgIpc) is 2.16. The number of unbranched alkanes of at least 4 members (excludes halogenated alkanes) is 1. The Labute approximate surface area is 92.9 Å². The van der Waals surface area contributed by atoms with Crippen LogP contribution in [0.1, 0.15) is 37.7 Å². The van der Waals surface area contributed by atoms with E-state index in [4.69, 9.17) is 5.11 Å². The van der Waals surface area contributed by atoms with Crippen molar-refractivity contribution in [2.45, 2.75) is 32.1 Å². The molecule has 0 spiro atoms. The molecule has 2 nitrogen and oxygen atoms in total. The van der Waals surface area contributed by atoms with E-state index in [1.165, 1.54) is 0 Å². The molecule has 0 amide bonds. The predicted octanol–water partition coefficient (Wildman–Crippen LogP) is 3.32. The molecule has 0 aliphatic rings. The Bertz CT molecular complexity index is 357. The van der Waals surface area contributed by atoms with Gasteiger partial charge >= 0.3 is 5.97 Å². The van der Waals surface area contributed by atoms with Crippen LogP contribution in [0.5, 0.6) is 0 Å². The van der Waals surface area contributed by atoms with E-state index >= 15 is 0 Å².